The molecule has 1 aliphatic rings. The Kier molecular flexibility index (Phi) is 5.22. The van der Waals surface area contributed by atoms with Crippen LogP contribution in [0.2, 0.25) is 0 Å². The summed E-state index contributed by atoms with van der Waals surface area (Å²) < 4.78 is 5.27. The number of aromatic nitrogens is 2. The molecule has 0 bridgehead atoms. The summed E-state index contributed by atoms with van der Waals surface area (Å²) in [6, 6.07) is 7.13. The lowest BCUT2D eigenvalue weighted by atomic mass is 9.93. The molecule has 2 atom stereocenters. The zero-order valence-corrected chi connectivity index (χ0v) is 16.0. The van der Waals surface area contributed by atoms with Crippen LogP contribution in [-0.4, -0.2) is 41.1 Å². The van der Waals surface area contributed by atoms with E-state index < -0.39 is 5.92 Å². The van der Waals surface area contributed by atoms with Crippen LogP contribution in [0.1, 0.15) is 42.8 Å². The lowest BCUT2D eigenvalue weighted by Crippen LogP contribution is -2.30. The van der Waals surface area contributed by atoms with E-state index in [0.29, 0.717) is 10.9 Å². The van der Waals surface area contributed by atoms with Gasteiger partial charge in [0.2, 0.25) is 16.9 Å². The Hall–Kier alpha value is -2.48. The molecule has 1 aromatic carbocycles. The SMILES string of the molecule is COc1cccc([C@H]2[C@@H](C(=O)Nc3nnc(C(C)C)s3)CC(=O)N2C)c1. The van der Waals surface area contributed by atoms with Gasteiger partial charge in [0, 0.05) is 19.4 Å². The van der Waals surface area contributed by atoms with Crippen molar-refractivity contribution >= 4 is 28.3 Å². The predicted molar refractivity (Wildman–Crippen MR) is 99.2 cm³/mol. The number of carbonyl (C=O) groups excluding carboxylic acids is 2. The number of amides is 2. The first-order valence-electron chi connectivity index (χ1n) is 8.44. The van der Waals surface area contributed by atoms with Crippen LogP contribution in [0, 0.1) is 5.92 Å². The first kappa shape index (κ1) is 18.3. The van der Waals surface area contributed by atoms with Crippen molar-refractivity contribution in [2.45, 2.75) is 32.2 Å². The number of methoxy groups -OCH3 is 1. The monoisotopic (exact) mass is 374 g/mol. The number of hydrogen-bond donors (Lipinski definition) is 1. The van der Waals surface area contributed by atoms with Crippen LogP contribution < -0.4 is 10.1 Å². The lowest BCUT2D eigenvalue weighted by Gasteiger charge is -2.25. The maximum absolute atomic E-state index is 12.8. The van der Waals surface area contributed by atoms with Crippen molar-refractivity contribution in [3.05, 3.63) is 34.8 Å². The number of anilines is 1. The van der Waals surface area contributed by atoms with Crippen molar-refractivity contribution in [2.24, 2.45) is 5.92 Å². The number of nitrogens with zero attached hydrogens (tertiary/aromatic N) is 3. The van der Waals surface area contributed by atoms with E-state index in [1.165, 1.54) is 11.3 Å². The third-order valence-electron chi connectivity index (χ3n) is 4.52. The van der Waals surface area contributed by atoms with E-state index in [0.717, 1.165) is 10.6 Å². The van der Waals surface area contributed by atoms with E-state index in [1.54, 1.807) is 19.1 Å². The molecular formula is C18H22N4O3S. The number of likely N-dealkylation sites (tertiary alicyclic amines) is 1. The summed E-state index contributed by atoms with van der Waals surface area (Å²) in [5.74, 6) is 0.174. The molecule has 3 rings (SSSR count). The minimum Gasteiger partial charge on any atom is -0.497 e. The molecule has 26 heavy (non-hydrogen) atoms. The van der Waals surface area contributed by atoms with Crippen LogP contribution in [0.4, 0.5) is 5.13 Å². The Labute approximate surface area is 156 Å². The summed E-state index contributed by atoms with van der Waals surface area (Å²) in [5.41, 5.74) is 0.873. The first-order valence-corrected chi connectivity index (χ1v) is 9.26. The Morgan fingerprint density at radius 2 is 2.15 bits per heavy atom. The molecule has 1 saturated heterocycles. The van der Waals surface area contributed by atoms with E-state index in [1.807, 2.05) is 38.1 Å². The van der Waals surface area contributed by atoms with Gasteiger partial charge in [-0.05, 0) is 17.7 Å². The quantitative estimate of drug-likeness (QED) is 0.870. The van der Waals surface area contributed by atoms with E-state index in [2.05, 4.69) is 15.5 Å². The zero-order valence-electron chi connectivity index (χ0n) is 15.2. The second kappa shape index (κ2) is 7.41. The largest absolute Gasteiger partial charge is 0.497 e. The van der Waals surface area contributed by atoms with E-state index in [9.17, 15) is 9.59 Å². The van der Waals surface area contributed by atoms with Crippen LogP contribution in [0.3, 0.4) is 0 Å². The Morgan fingerprint density at radius 3 is 2.81 bits per heavy atom. The second-order valence-electron chi connectivity index (χ2n) is 6.63. The average molecular weight is 374 g/mol. The van der Waals surface area contributed by atoms with Gasteiger partial charge in [-0.3, -0.25) is 9.59 Å². The Balaban J connectivity index is 1.83. The van der Waals surface area contributed by atoms with Gasteiger partial charge < -0.3 is 15.0 Å². The highest BCUT2D eigenvalue weighted by molar-refractivity contribution is 7.15. The van der Waals surface area contributed by atoms with E-state index in [-0.39, 0.29) is 30.2 Å². The maximum Gasteiger partial charge on any atom is 0.232 e. The van der Waals surface area contributed by atoms with Crippen molar-refractivity contribution in [1.29, 1.82) is 0 Å². The number of ether oxygens (including phenoxy) is 1. The minimum absolute atomic E-state index is 0.0573. The van der Waals surface area contributed by atoms with Gasteiger partial charge >= 0.3 is 0 Å². The molecule has 1 fully saturated rings. The molecule has 1 aliphatic heterocycles. The highest BCUT2D eigenvalue weighted by Crippen LogP contribution is 2.39. The predicted octanol–water partition coefficient (Wildman–Crippen LogP) is 2.83. The fourth-order valence-corrected chi connectivity index (χ4v) is 3.85. The van der Waals surface area contributed by atoms with Crippen LogP contribution in [-0.2, 0) is 9.59 Å². The number of nitrogens with one attached hydrogen (secondary N) is 1. The van der Waals surface area contributed by atoms with Crippen molar-refractivity contribution in [1.82, 2.24) is 15.1 Å². The summed E-state index contributed by atoms with van der Waals surface area (Å²) in [6.45, 7) is 4.05. The fraction of sp³-hybridized carbons (Fsp3) is 0.444. The van der Waals surface area contributed by atoms with Gasteiger partial charge in [0.25, 0.3) is 0 Å². The molecule has 0 spiro atoms. The molecule has 8 heteroatoms. The molecule has 138 valence electrons. The Bertz CT molecular complexity index is 820. The number of benzene rings is 1. The van der Waals surface area contributed by atoms with Gasteiger partial charge in [0.1, 0.15) is 10.8 Å². The van der Waals surface area contributed by atoms with Crippen molar-refractivity contribution in [3.8, 4) is 5.75 Å². The number of hydrogen-bond acceptors (Lipinski definition) is 6. The molecule has 2 aromatic rings. The topological polar surface area (TPSA) is 84.4 Å². The van der Waals surface area contributed by atoms with E-state index in [4.69, 9.17) is 4.74 Å². The normalized spacial score (nSPS) is 19.9. The van der Waals surface area contributed by atoms with Crippen LogP contribution in [0.5, 0.6) is 5.75 Å². The summed E-state index contributed by atoms with van der Waals surface area (Å²) in [7, 11) is 3.32. The van der Waals surface area contributed by atoms with Gasteiger partial charge in [-0.25, -0.2) is 0 Å². The third-order valence-corrected chi connectivity index (χ3v) is 5.66. The van der Waals surface area contributed by atoms with Gasteiger partial charge in [-0.2, -0.15) is 0 Å². The van der Waals surface area contributed by atoms with Gasteiger partial charge in [0.15, 0.2) is 0 Å². The van der Waals surface area contributed by atoms with Gasteiger partial charge in [-0.15, -0.1) is 10.2 Å². The van der Waals surface area contributed by atoms with Crippen LogP contribution >= 0.6 is 11.3 Å². The number of rotatable bonds is 5. The maximum atomic E-state index is 12.8. The first-order chi connectivity index (χ1) is 12.4. The fourth-order valence-electron chi connectivity index (χ4n) is 3.10. The van der Waals surface area contributed by atoms with Gasteiger partial charge in [-0.1, -0.05) is 37.3 Å². The minimum atomic E-state index is -0.494. The summed E-state index contributed by atoms with van der Waals surface area (Å²) in [4.78, 5) is 26.7. The van der Waals surface area contributed by atoms with Crippen molar-refractivity contribution < 1.29 is 14.3 Å². The van der Waals surface area contributed by atoms with Crippen LogP contribution in [0.25, 0.3) is 0 Å². The molecule has 2 amide bonds. The smallest absolute Gasteiger partial charge is 0.232 e. The average Bonchev–Trinajstić information content (AvgIpc) is 3.20. The standard InChI is InChI=1S/C18H22N4O3S/c1-10(2)17-20-21-18(26-17)19-16(24)13-9-14(23)22(3)15(13)11-6-5-7-12(8-11)25-4/h5-8,10,13,15H,9H2,1-4H3,(H,19,21,24)/t13-,15-/m0/s1. The Morgan fingerprint density at radius 1 is 1.38 bits per heavy atom. The van der Waals surface area contributed by atoms with Crippen molar-refractivity contribution in [3.63, 3.8) is 0 Å². The van der Waals surface area contributed by atoms with Crippen molar-refractivity contribution in [2.75, 3.05) is 19.5 Å². The highest BCUT2D eigenvalue weighted by Gasteiger charge is 2.43. The summed E-state index contributed by atoms with van der Waals surface area (Å²) in [6.07, 6.45) is 0.167. The van der Waals surface area contributed by atoms with E-state index >= 15 is 0 Å². The van der Waals surface area contributed by atoms with Crippen LogP contribution in [0.15, 0.2) is 24.3 Å². The van der Waals surface area contributed by atoms with Gasteiger partial charge in [0.05, 0.1) is 19.1 Å². The molecule has 2 heterocycles. The molecule has 0 aliphatic carbocycles. The molecule has 1 N–H and O–H groups in total. The zero-order chi connectivity index (χ0) is 18.8. The molecular weight excluding hydrogens is 352 g/mol. The molecule has 0 unspecified atom stereocenters. The molecule has 1 aromatic heterocycles. The highest BCUT2D eigenvalue weighted by atomic mass is 32.1. The molecule has 7 nitrogen and oxygen atoms in total. The summed E-state index contributed by atoms with van der Waals surface area (Å²) >= 11 is 1.36. The second-order valence-corrected chi connectivity index (χ2v) is 7.64. The third kappa shape index (κ3) is 3.55. The molecule has 0 radical (unpaired) electrons. The molecule has 0 saturated carbocycles. The lowest BCUT2D eigenvalue weighted by molar-refractivity contribution is -0.127. The summed E-state index contributed by atoms with van der Waals surface area (Å²) in [5, 5.41) is 12.3. The number of carbonyl (C=O) groups is 2.